The molecule has 1 fully saturated rings. The van der Waals surface area contributed by atoms with Crippen molar-refractivity contribution < 1.29 is 17.9 Å². The monoisotopic (exact) mass is 426 g/mol. The average molecular weight is 427 g/mol. The molecule has 0 spiro atoms. The normalized spacial score (nSPS) is 17.1. The number of nitrogens with zero attached hydrogens (tertiary/aromatic N) is 3. The molecule has 2 aromatic heterocycles. The van der Waals surface area contributed by atoms with Gasteiger partial charge in [-0.25, -0.2) is 0 Å². The number of halogens is 4. The van der Waals surface area contributed by atoms with Crippen LogP contribution in [0.3, 0.4) is 0 Å². The van der Waals surface area contributed by atoms with Crippen LogP contribution in [0.2, 0.25) is 0 Å². The molecule has 3 heterocycles. The van der Waals surface area contributed by atoms with Gasteiger partial charge in [0.15, 0.2) is 0 Å². The summed E-state index contributed by atoms with van der Waals surface area (Å²) in [5.74, 6) is 0.700. The summed E-state index contributed by atoms with van der Waals surface area (Å²) in [5.41, 5.74) is 2.10. The first-order chi connectivity index (χ1) is 13.5. The molecule has 3 aromatic rings. The average Bonchev–Trinajstić information content (AvgIpc) is 3.08. The molecular weight excluding hydrogens is 405 g/mol. The quantitative estimate of drug-likeness (QED) is 0.636. The highest BCUT2D eigenvalue weighted by Gasteiger charge is 2.29. The smallest absolute Gasteiger partial charge is 0.408 e. The Morgan fingerprint density at radius 1 is 1.21 bits per heavy atom. The second kappa shape index (κ2) is 9.00. The van der Waals surface area contributed by atoms with E-state index in [1.807, 2.05) is 18.2 Å². The van der Waals surface area contributed by atoms with Crippen LogP contribution in [0.5, 0.6) is 5.75 Å². The minimum atomic E-state index is -4.32. The molecule has 0 amide bonds. The number of pyridine rings is 1. The Bertz CT molecular complexity index is 954. The summed E-state index contributed by atoms with van der Waals surface area (Å²) in [6, 6.07) is 9.18. The Morgan fingerprint density at radius 2 is 2.07 bits per heavy atom. The molecule has 9 heteroatoms. The third-order valence-corrected chi connectivity index (χ3v) is 4.87. The highest BCUT2D eigenvalue weighted by atomic mass is 35.5. The summed E-state index contributed by atoms with van der Waals surface area (Å²) >= 11 is 0. The summed E-state index contributed by atoms with van der Waals surface area (Å²) < 4.78 is 45.2. The molecule has 156 valence electrons. The molecule has 0 radical (unpaired) electrons. The van der Waals surface area contributed by atoms with Gasteiger partial charge in [-0.1, -0.05) is 18.6 Å². The number of nitrogens with one attached hydrogen (secondary N) is 1. The van der Waals surface area contributed by atoms with Crippen LogP contribution in [0.4, 0.5) is 13.2 Å². The van der Waals surface area contributed by atoms with Gasteiger partial charge in [-0.2, -0.15) is 18.3 Å². The van der Waals surface area contributed by atoms with E-state index in [1.165, 1.54) is 6.20 Å². The van der Waals surface area contributed by atoms with Crippen LogP contribution < -0.4 is 10.1 Å². The van der Waals surface area contributed by atoms with E-state index in [1.54, 1.807) is 18.3 Å². The third kappa shape index (κ3) is 5.19. The maximum Gasteiger partial charge on any atom is 0.408 e. The Labute approximate surface area is 172 Å². The van der Waals surface area contributed by atoms with Crippen LogP contribution in [-0.2, 0) is 13.2 Å². The first kappa shape index (κ1) is 21.4. The topological polar surface area (TPSA) is 52.0 Å². The number of piperidine rings is 1. The summed E-state index contributed by atoms with van der Waals surface area (Å²) in [5, 5.41) is 7.98. The molecule has 1 aromatic carbocycles. The summed E-state index contributed by atoms with van der Waals surface area (Å²) in [6.45, 7) is 0.0972. The number of hydrogen-bond acceptors (Lipinski definition) is 4. The van der Waals surface area contributed by atoms with Crippen molar-refractivity contribution in [2.75, 3.05) is 6.54 Å². The van der Waals surface area contributed by atoms with Crippen molar-refractivity contribution in [3.63, 3.8) is 0 Å². The van der Waals surface area contributed by atoms with E-state index in [2.05, 4.69) is 15.4 Å². The predicted octanol–water partition coefficient (Wildman–Crippen LogP) is 4.81. The van der Waals surface area contributed by atoms with Crippen molar-refractivity contribution in [1.82, 2.24) is 20.1 Å². The van der Waals surface area contributed by atoms with Gasteiger partial charge in [0, 0.05) is 11.6 Å². The number of ether oxygens (including phenoxy) is 1. The lowest BCUT2D eigenvalue weighted by Gasteiger charge is -2.24. The molecule has 0 aliphatic carbocycles. The first-order valence-corrected chi connectivity index (χ1v) is 9.32. The van der Waals surface area contributed by atoms with E-state index >= 15 is 0 Å². The number of alkyl halides is 3. The molecular formula is C20H22ClF3N4O. The summed E-state index contributed by atoms with van der Waals surface area (Å²) in [4.78, 5) is 4.48. The van der Waals surface area contributed by atoms with Crippen molar-refractivity contribution in [2.24, 2.45) is 0 Å². The van der Waals surface area contributed by atoms with Crippen LogP contribution in [0.25, 0.3) is 10.9 Å². The van der Waals surface area contributed by atoms with Gasteiger partial charge in [0.25, 0.3) is 0 Å². The molecule has 0 bridgehead atoms. The number of hydrogen-bond donors (Lipinski definition) is 1. The molecule has 29 heavy (non-hydrogen) atoms. The number of rotatable bonds is 5. The van der Waals surface area contributed by atoms with Crippen molar-refractivity contribution in [1.29, 1.82) is 0 Å². The van der Waals surface area contributed by atoms with Gasteiger partial charge < -0.3 is 10.1 Å². The first-order valence-electron chi connectivity index (χ1n) is 9.32. The fourth-order valence-electron chi connectivity index (χ4n) is 3.53. The van der Waals surface area contributed by atoms with E-state index in [0.29, 0.717) is 16.7 Å². The lowest BCUT2D eigenvalue weighted by atomic mass is 10.0. The second-order valence-electron chi connectivity index (χ2n) is 6.99. The molecule has 0 saturated carbocycles. The summed E-state index contributed by atoms with van der Waals surface area (Å²) in [6.07, 6.45) is 2.19. The van der Waals surface area contributed by atoms with Crippen LogP contribution in [0.1, 0.15) is 36.6 Å². The molecule has 4 rings (SSSR count). The molecule has 5 nitrogen and oxygen atoms in total. The van der Waals surface area contributed by atoms with Gasteiger partial charge in [0.05, 0.1) is 23.4 Å². The predicted molar refractivity (Wildman–Crippen MR) is 106 cm³/mol. The fourth-order valence-corrected chi connectivity index (χ4v) is 3.53. The lowest BCUT2D eigenvalue weighted by Crippen LogP contribution is -2.27. The minimum Gasteiger partial charge on any atom is -0.487 e. The third-order valence-electron chi connectivity index (χ3n) is 4.87. The number of aromatic nitrogens is 3. The number of benzene rings is 1. The number of fused-ring (bicyclic) bond motifs is 1. The SMILES string of the molecule is Cl.FC(F)(F)Cn1ncc2ccc(COc3cccnc3C3CCCCN3)cc21. The highest BCUT2D eigenvalue weighted by molar-refractivity contribution is 5.85. The van der Waals surface area contributed by atoms with Gasteiger partial charge in [-0.15, -0.1) is 12.4 Å². The van der Waals surface area contributed by atoms with Crippen LogP contribution in [0, 0.1) is 0 Å². The van der Waals surface area contributed by atoms with Crippen LogP contribution in [-0.4, -0.2) is 27.5 Å². The maximum atomic E-state index is 12.7. The Kier molecular flexibility index (Phi) is 6.64. The van der Waals surface area contributed by atoms with Crippen molar-refractivity contribution in [3.05, 3.63) is 54.0 Å². The molecule has 1 unspecified atom stereocenters. The lowest BCUT2D eigenvalue weighted by molar-refractivity contribution is -0.141. The van der Waals surface area contributed by atoms with Crippen LogP contribution >= 0.6 is 12.4 Å². The van der Waals surface area contributed by atoms with Gasteiger partial charge >= 0.3 is 6.18 Å². The second-order valence-corrected chi connectivity index (χ2v) is 6.99. The van der Waals surface area contributed by atoms with E-state index in [0.717, 1.165) is 41.7 Å². The Hall–Kier alpha value is -2.32. The van der Waals surface area contributed by atoms with E-state index in [9.17, 15) is 13.2 Å². The van der Waals surface area contributed by atoms with Gasteiger partial charge in [0.1, 0.15) is 18.9 Å². The van der Waals surface area contributed by atoms with Crippen molar-refractivity contribution >= 4 is 23.3 Å². The molecule has 1 N–H and O–H groups in total. The highest BCUT2D eigenvalue weighted by Crippen LogP contribution is 2.29. The van der Waals surface area contributed by atoms with E-state index in [-0.39, 0.29) is 25.1 Å². The van der Waals surface area contributed by atoms with Crippen molar-refractivity contribution in [2.45, 2.75) is 44.6 Å². The molecule has 1 atom stereocenters. The van der Waals surface area contributed by atoms with E-state index in [4.69, 9.17) is 4.74 Å². The summed E-state index contributed by atoms with van der Waals surface area (Å²) in [7, 11) is 0. The Balaban J connectivity index is 0.00000240. The van der Waals surface area contributed by atoms with E-state index < -0.39 is 12.7 Å². The minimum absolute atomic E-state index is 0. The van der Waals surface area contributed by atoms with Crippen LogP contribution in [0.15, 0.2) is 42.7 Å². The largest absolute Gasteiger partial charge is 0.487 e. The zero-order chi connectivity index (χ0) is 19.6. The molecule has 1 aliphatic rings. The van der Waals surface area contributed by atoms with Gasteiger partial charge in [0.2, 0.25) is 0 Å². The zero-order valence-corrected chi connectivity index (χ0v) is 16.5. The Morgan fingerprint density at radius 3 is 2.83 bits per heavy atom. The maximum absolute atomic E-state index is 12.7. The van der Waals surface area contributed by atoms with Gasteiger partial charge in [-0.05, 0) is 43.1 Å². The standard InChI is InChI=1S/C20H21F3N4O.ClH/c21-20(22,23)13-27-17-10-14(6-7-15(17)11-26-27)12-28-18-5-3-9-25-19(18)16-4-1-2-8-24-16;/h3,5-7,9-11,16,24H,1-2,4,8,12-13H2;1H. The van der Waals surface area contributed by atoms with Gasteiger partial charge in [-0.3, -0.25) is 9.67 Å². The molecule has 1 saturated heterocycles. The van der Waals surface area contributed by atoms with Crippen molar-refractivity contribution in [3.8, 4) is 5.75 Å². The fraction of sp³-hybridized carbons (Fsp3) is 0.400. The molecule has 1 aliphatic heterocycles. The zero-order valence-electron chi connectivity index (χ0n) is 15.7.